The zero-order valence-electron chi connectivity index (χ0n) is 7.06. The van der Waals surface area contributed by atoms with Gasteiger partial charge in [0.1, 0.15) is 0 Å². The predicted octanol–water partition coefficient (Wildman–Crippen LogP) is 3.51. The van der Waals surface area contributed by atoms with E-state index in [-0.39, 0.29) is 0 Å². The Morgan fingerprint density at radius 2 is 1.79 bits per heavy atom. The van der Waals surface area contributed by atoms with Crippen LogP contribution in [-0.2, 0) is 13.9 Å². The van der Waals surface area contributed by atoms with E-state index in [1.807, 2.05) is 30.3 Å². The van der Waals surface area contributed by atoms with Gasteiger partial charge in [0.15, 0.2) is 0 Å². The molecule has 0 unspecified atom stereocenters. The molecule has 2 N–H and O–H groups in total. The van der Waals surface area contributed by atoms with Crippen molar-refractivity contribution in [2.45, 2.75) is 0 Å². The van der Waals surface area contributed by atoms with Crippen molar-refractivity contribution in [1.29, 1.82) is 0 Å². The molecule has 0 saturated carbocycles. The van der Waals surface area contributed by atoms with E-state index in [1.54, 1.807) is 6.20 Å². The van der Waals surface area contributed by atoms with E-state index in [0.29, 0.717) is 13.9 Å². The van der Waals surface area contributed by atoms with Crippen molar-refractivity contribution >= 4 is 43.4 Å². The average molecular weight is 410 g/mol. The molecule has 0 saturated heterocycles. The van der Waals surface area contributed by atoms with Gasteiger partial charge >= 0.3 is 40.8 Å². The summed E-state index contributed by atoms with van der Waals surface area (Å²) in [7, 11) is 0. The predicted molar refractivity (Wildman–Crippen MR) is 64.0 cm³/mol. The summed E-state index contributed by atoms with van der Waals surface area (Å²) in [6.45, 7) is 0. The number of para-hydroxylation sites is 1. The zero-order valence-corrected chi connectivity index (χ0v) is 11.8. The molecular formula is C9H8Br2N2Pd. The fourth-order valence-corrected chi connectivity index (χ4v) is 1.13. The van der Waals surface area contributed by atoms with Crippen LogP contribution in [0.5, 0.6) is 0 Å². The second-order valence-electron chi connectivity index (χ2n) is 2.47. The van der Waals surface area contributed by atoms with Crippen molar-refractivity contribution in [3.8, 4) is 0 Å². The number of rotatable bonds is 0. The summed E-state index contributed by atoms with van der Waals surface area (Å²) in [4.78, 5) is 4.16. The van der Waals surface area contributed by atoms with Crippen LogP contribution in [0.3, 0.4) is 0 Å². The molecule has 2 rings (SSSR count). The van der Waals surface area contributed by atoms with Gasteiger partial charge in [-0.2, -0.15) is 0 Å². The monoisotopic (exact) mass is 408 g/mol. The molecule has 1 aromatic heterocycles. The molecular weight excluding hydrogens is 402 g/mol. The average Bonchev–Trinajstić information content (AvgIpc) is 2.20. The van der Waals surface area contributed by atoms with Gasteiger partial charge in [0, 0.05) is 11.6 Å². The summed E-state index contributed by atoms with van der Waals surface area (Å²) in [5.41, 5.74) is 7.32. The van der Waals surface area contributed by atoms with Crippen molar-refractivity contribution in [3.05, 3.63) is 36.5 Å². The fourth-order valence-electron chi connectivity index (χ4n) is 1.13. The number of anilines is 1. The molecule has 2 nitrogen and oxygen atoms in total. The third-order valence-electron chi connectivity index (χ3n) is 1.66. The number of nitrogen functional groups attached to an aromatic ring is 1. The van der Waals surface area contributed by atoms with E-state index >= 15 is 0 Å². The molecule has 0 atom stereocenters. The molecule has 0 spiro atoms. The number of fused-ring (bicyclic) bond motifs is 1. The number of aromatic nitrogens is 1. The second-order valence-corrected chi connectivity index (χ2v) is 9.64. The van der Waals surface area contributed by atoms with Crippen LogP contribution >= 0.6 is 26.9 Å². The molecule has 1 aromatic carbocycles. The van der Waals surface area contributed by atoms with E-state index in [1.165, 1.54) is 0 Å². The summed E-state index contributed by atoms with van der Waals surface area (Å²) >= 11 is 6.80. The maximum absolute atomic E-state index is 5.69. The summed E-state index contributed by atoms with van der Waals surface area (Å²) < 4.78 is 0. The standard InChI is InChI=1S/C9H8N2.2BrH.Pd/c10-8-5-1-3-7-4-2-6-11-9(7)8;;;/h1-6H,10H2;2*1H;/q;;;+2/p-2. The van der Waals surface area contributed by atoms with Gasteiger partial charge in [-0.1, -0.05) is 18.2 Å². The van der Waals surface area contributed by atoms with Crippen LogP contribution in [0.15, 0.2) is 36.5 Å². The zero-order chi connectivity index (χ0) is 10.4. The van der Waals surface area contributed by atoms with Crippen LogP contribution in [0.25, 0.3) is 10.9 Å². The van der Waals surface area contributed by atoms with E-state index in [4.69, 9.17) is 5.73 Å². The SMILES string of the molecule is Nc1cccc2cccnc12.[Br][Pd][Br]. The molecule has 5 heteroatoms. The molecule has 0 aliphatic heterocycles. The summed E-state index contributed by atoms with van der Waals surface area (Å²) in [5, 5.41) is 1.09. The number of nitrogens with zero attached hydrogens (tertiary/aromatic N) is 1. The number of nitrogens with two attached hydrogens (primary N) is 1. The summed E-state index contributed by atoms with van der Waals surface area (Å²) in [6.07, 6.45) is 1.75. The summed E-state index contributed by atoms with van der Waals surface area (Å²) in [6, 6.07) is 9.69. The van der Waals surface area contributed by atoms with Crippen LogP contribution in [-0.4, -0.2) is 4.98 Å². The fraction of sp³-hybridized carbons (Fsp3) is 0. The van der Waals surface area contributed by atoms with Gasteiger partial charge in [0.05, 0.1) is 11.2 Å². The van der Waals surface area contributed by atoms with E-state index in [9.17, 15) is 0 Å². The Labute approximate surface area is 104 Å². The Hall–Kier alpha value is 0.0523. The molecule has 0 aliphatic carbocycles. The van der Waals surface area contributed by atoms with Crippen molar-refractivity contribution in [1.82, 2.24) is 4.98 Å². The van der Waals surface area contributed by atoms with Crippen molar-refractivity contribution in [3.63, 3.8) is 0 Å². The topological polar surface area (TPSA) is 38.9 Å². The Bertz CT molecular complexity index is 403. The van der Waals surface area contributed by atoms with Crippen LogP contribution in [0.2, 0.25) is 0 Å². The van der Waals surface area contributed by atoms with Gasteiger partial charge in [-0.15, -0.1) is 0 Å². The number of pyridine rings is 1. The van der Waals surface area contributed by atoms with Crippen molar-refractivity contribution in [2.75, 3.05) is 5.73 Å². The summed E-state index contributed by atoms with van der Waals surface area (Å²) in [5.74, 6) is 0. The van der Waals surface area contributed by atoms with Gasteiger partial charge in [0.2, 0.25) is 0 Å². The second kappa shape index (κ2) is 6.52. The van der Waals surface area contributed by atoms with Gasteiger partial charge in [-0.25, -0.2) is 0 Å². The Morgan fingerprint density at radius 3 is 2.43 bits per heavy atom. The molecule has 1 heterocycles. The molecule has 0 fully saturated rings. The molecule has 14 heavy (non-hydrogen) atoms. The van der Waals surface area contributed by atoms with Crippen LogP contribution in [0, 0.1) is 0 Å². The normalized spacial score (nSPS) is 9.57. The van der Waals surface area contributed by atoms with Gasteiger partial charge in [-0.3, -0.25) is 4.98 Å². The number of hydrogen-bond acceptors (Lipinski definition) is 2. The molecule has 0 radical (unpaired) electrons. The molecule has 0 bridgehead atoms. The van der Waals surface area contributed by atoms with Gasteiger partial charge in [0.25, 0.3) is 0 Å². The molecule has 0 amide bonds. The third-order valence-corrected chi connectivity index (χ3v) is 1.66. The van der Waals surface area contributed by atoms with E-state index < -0.39 is 0 Å². The number of benzene rings is 1. The van der Waals surface area contributed by atoms with Crippen LogP contribution in [0.4, 0.5) is 5.69 Å². The first-order valence-electron chi connectivity index (χ1n) is 3.71. The van der Waals surface area contributed by atoms with E-state index in [0.717, 1.165) is 16.6 Å². The molecule has 78 valence electrons. The van der Waals surface area contributed by atoms with Crippen LogP contribution < -0.4 is 5.73 Å². The van der Waals surface area contributed by atoms with Gasteiger partial charge in [-0.05, 0) is 12.1 Å². The van der Waals surface area contributed by atoms with Crippen molar-refractivity contribution in [2.24, 2.45) is 0 Å². The minimum absolute atomic E-state index is 0.575. The first-order chi connectivity index (χ1) is 6.79. The number of halogens is 2. The van der Waals surface area contributed by atoms with Gasteiger partial charge < -0.3 is 5.73 Å². The van der Waals surface area contributed by atoms with Crippen molar-refractivity contribution < 1.29 is 13.9 Å². The van der Waals surface area contributed by atoms with E-state index in [2.05, 4.69) is 31.8 Å². The quantitative estimate of drug-likeness (QED) is 0.533. The number of hydrogen-bond donors (Lipinski definition) is 1. The Morgan fingerprint density at radius 1 is 1.14 bits per heavy atom. The van der Waals surface area contributed by atoms with Crippen LogP contribution in [0.1, 0.15) is 0 Å². The first-order valence-corrected chi connectivity index (χ1v) is 10.8. The minimum atomic E-state index is 0.575. The maximum atomic E-state index is 5.69. The Kier molecular flexibility index (Phi) is 5.65. The Balaban J connectivity index is 0.000000293. The third kappa shape index (κ3) is 3.32. The molecule has 2 aromatic rings. The molecule has 0 aliphatic rings. The first kappa shape index (κ1) is 12.1.